The lowest BCUT2D eigenvalue weighted by atomic mass is 10.2. The van der Waals surface area contributed by atoms with Gasteiger partial charge in [-0.2, -0.15) is 13.2 Å². The molecule has 1 heterocycles. The van der Waals surface area contributed by atoms with Crippen LogP contribution < -0.4 is 15.8 Å². The monoisotopic (exact) mass is 358 g/mol. The van der Waals surface area contributed by atoms with Crippen molar-refractivity contribution in [2.24, 2.45) is 10.7 Å². The van der Waals surface area contributed by atoms with Crippen LogP contribution in [0, 0.1) is 0 Å². The molecule has 1 aromatic rings. The lowest BCUT2D eigenvalue weighted by Gasteiger charge is -2.21. The second-order valence-corrected chi connectivity index (χ2v) is 5.92. The van der Waals surface area contributed by atoms with Crippen LogP contribution in [-0.4, -0.2) is 49.7 Å². The highest BCUT2D eigenvalue weighted by atomic mass is 19.4. The van der Waals surface area contributed by atoms with Crippen molar-refractivity contribution < 1.29 is 17.9 Å². The lowest BCUT2D eigenvalue weighted by molar-refractivity contribution is -0.138. The molecule has 1 unspecified atom stereocenters. The quantitative estimate of drug-likeness (QED) is 0.447. The SMILES string of the molecule is CCN1CCCC1CN=C(N)NCCOc1ccccc1C(F)(F)F. The number of rotatable bonds is 7. The molecule has 1 aliphatic heterocycles. The zero-order valence-corrected chi connectivity index (χ0v) is 14.4. The second-order valence-electron chi connectivity index (χ2n) is 5.92. The summed E-state index contributed by atoms with van der Waals surface area (Å²) < 4.78 is 43.8. The number of aliphatic imine (C=N–C) groups is 1. The normalized spacial score (nSPS) is 19.2. The van der Waals surface area contributed by atoms with Gasteiger partial charge in [0.1, 0.15) is 12.4 Å². The van der Waals surface area contributed by atoms with E-state index in [1.165, 1.54) is 24.6 Å². The zero-order valence-electron chi connectivity index (χ0n) is 14.4. The molecule has 2 rings (SSSR count). The zero-order chi connectivity index (χ0) is 18.3. The molecule has 8 heteroatoms. The van der Waals surface area contributed by atoms with Crippen molar-refractivity contribution >= 4 is 5.96 Å². The number of alkyl halides is 3. The van der Waals surface area contributed by atoms with E-state index in [1.54, 1.807) is 0 Å². The molecule has 3 N–H and O–H groups in total. The number of para-hydroxylation sites is 1. The van der Waals surface area contributed by atoms with Crippen molar-refractivity contribution in [2.75, 3.05) is 32.8 Å². The molecule has 25 heavy (non-hydrogen) atoms. The number of benzene rings is 1. The van der Waals surface area contributed by atoms with Gasteiger partial charge in [0.05, 0.1) is 18.7 Å². The Morgan fingerprint density at radius 3 is 2.88 bits per heavy atom. The molecule has 0 saturated carbocycles. The fourth-order valence-electron chi connectivity index (χ4n) is 2.94. The number of hydrogen-bond donors (Lipinski definition) is 2. The molecular formula is C17H25F3N4O. The van der Waals surface area contributed by atoms with E-state index in [0.717, 1.165) is 25.6 Å². The minimum atomic E-state index is -4.43. The van der Waals surface area contributed by atoms with Crippen molar-refractivity contribution in [2.45, 2.75) is 32.0 Å². The Balaban J connectivity index is 1.75. The van der Waals surface area contributed by atoms with E-state index in [2.05, 4.69) is 22.1 Å². The van der Waals surface area contributed by atoms with E-state index >= 15 is 0 Å². The Morgan fingerprint density at radius 2 is 2.16 bits per heavy atom. The highest BCUT2D eigenvalue weighted by Crippen LogP contribution is 2.35. The highest BCUT2D eigenvalue weighted by Gasteiger charge is 2.33. The first-order valence-electron chi connectivity index (χ1n) is 8.48. The van der Waals surface area contributed by atoms with Crippen molar-refractivity contribution in [3.05, 3.63) is 29.8 Å². The number of guanidine groups is 1. The van der Waals surface area contributed by atoms with Crippen LogP contribution in [0.2, 0.25) is 0 Å². The number of likely N-dealkylation sites (tertiary alicyclic amines) is 1. The van der Waals surface area contributed by atoms with Gasteiger partial charge in [0.2, 0.25) is 0 Å². The molecule has 0 radical (unpaired) electrons. The van der Waals surface area contributed by atoms with Gasteiger partial charge in [0, 0.05) is 6.04 Å². The van der Waals surface area contributed by atoms with Crippen LogP contribution in [0.4, 0.5) is 13.2 Å². The van der Waals surface area contributed by atoms with E-state index in [9.17, 15) is 13.2 Å². The highest BCUT2D eigenvalue weighted by molar-refractivity contribution is 5.77. The summed E-state index contributed by atoms with van der Waals surface area (Å²) in [4.78, 5) is 6.68. The summed E-state index contributed by atoms with van der Waals surface area (Å²) in [5, 5.41) is 2.87. The van der Waals surface area contributed by atoms with Gasteiger partial charge in [0.15, 0.2) is 5.96 Å². The van der Waals surface area contributed by atoms with Crippen LogP contribution in [-0.2, 0) is 6.18 Å². The third-order valence-corrected chi connectivity index (χ3v) is 4.24. The third kappa shape index (κ3) is 5.81. The first kappa shape index (κ1) is 19.4. The van der Waals surface area contributed by atoms with E-state index in [1.807, 2.05) is 0 Å². The molecule has 140 valence electrons. The summed E-state index contributed by atoms with van der Waals surface area (Å²) in [6, 6.07) is 5.57. The van der Waals surface area contributed by atoms with Crippen LogP contribution in [0.15, 0.2) is 29.3 Å². The van der Waals surface area contributed by atoms with Crippen LogP contribution >= 0.6 is 0 Å². The number of hydrogen-bond acceptors (Lipinski definition) is 3. The van der Waals surface area contributed by atoms with E-state index in [0.29, 0.717) is 12.6 Å². The summed E-state index contributed by atoms with van der Waals surface area (Å²) >= 11 is 0. The summed E-state index contributed by atoms with van der Waals surface area (Å²) in [6.45, 7) is 5.19. The molecule has 0 bridgehead atoms. The standard InChI is InChI=1S/C17H25F3N4O/c1-2-24-10-5-6-13(24)12-23-16(21)22-9-11-25-15-8-4-3-7-14(15)17(18,19)20/h3-4,7-8,13H,2,5-6,9-12H2,1H3,(H3,21,22,23). The number of likely N-dealkylation sites (N-methyl/N-ethyl adjacent to an activating group) is 1. The average molecular weight is 358 g/mol. The molecule has 1 aromatic carbocycles. The minimum absolute atomic E-state index is 0.0633. The smallest absolute Gasteiger partial charge is 0.419 e. The van der Waals surface area contributed by atoms with E-state index in [-0.39, 0.29) is 24.9 Å². The molecular weight excluding hydrogens is 333 g/mol. The third-order valence-electron chi connectivity index (χ3n) is 4.24. The Kier molecular flexibility index (Phi) is 6.92. The molecule has 0 spiro atoms. The molecule has 1 atom stereocenters. The first-order chi connectivity index (χ1) is 11.9. The predicted octanol–water partition coefficient (Wildman–Crippen LogP) is 2.47. The molecule has 5 nitrogen and oxygen atoms in total. The summed E-state index contributed by atoms with van der Waals surface area (Å²) in [6.07, 6.45) is -2.15. The minimum Gasteiger partial charge on any atom is -0.491 e. The maximum Gasteiger partial charge on any atom is 0.419 e. The van der Waals surface area contributed by atoms with Gasteiger partial charge in [-0.15, -0.1) is 0 Å². The lowest BCUT2D eigenvalue weighted by Crippen LogP contribution is -2.37. The topological polar surface area (TPSA) is 62.9 Å². The van der Waals surface area contributed by atoms with Crippen LogP contribution in [0.1, 0.15) is 25.3 Å². The van der Waals surface area contributed by atoms with Crippen molar-refractivity contribution in [3.8, 4) is 5.75 Å². The number of nitrogens with zero attached hydrogens (tertiary/aromatic N) is 2. The summed E-state index contributed by atoms with van der Waals surface area (Å²) in [5.41, 5.74) is 5.02. The van der Waals surface area contributed by atoms with E-state index in [4.69, 9.17) is 10.5 Å². The van der Waals surface area contributed by atoms with Gasteiger partial charge in [-0.25, -0.2) is 0 Å². The van der Waals surface area contributed by atoms with Crippen molar-refractivity contribution in [1.82, 2.24) is 10.2 Å². The van der Waals surface area contributed by atoms with Gasteiger partial charge in [-0.05, 0) is 38.1 Å². The van der Waals surface area contributed by atoms with Gasteiger partial charge < -0.3 is 15.8 Å². The molecule has 1 aliphatic rings. The maximum atomic E-state index is 12.9. The second kappa shape index (κ2) is 8.94. The molecule has 1 fully saturated rings. The van der Waals surface area contributed by atoms with Crippen LogP contribution in [0.5, 0.6) is 5.75 Å². The molecule has 1 saturated heterocycles. The van der Waals surface area contributed by atoms with Gasteiger partial charge in [-0.1, -0.05) is 19.1 Å². The van der Waals surface area contributed by atoms with Crippen LogP contribution in [0.3, 0.4) is 0 Å². The fraction of sp³-hybridized carbons (Fsp3) is 0.588. The molecule has 0 amide bonds. The number of ether oxygens (including phenoxy) is 1. The van der Waals surface area contributed by atoms with Gasteiger partial charge in [0.25, 0.3) is 0 Å². The van der Waals surface area contributed by atoms with Crippen molar-refractivity contribution in [3.63, 3.8) is 0 Å². The average Bonchev–Trinajstić information content (AvgIpc) is 3.04. The summed E-state index contributed by atoms with van der Waals surface area (Å²) in [7, 11) is 0. The largest absolute Gasteiger partial charge is 0.491 e. The number of nitrogens with one attached hydrogen (secondary N) is 1. The molecule has 0 aliphatic carbocycles. The van der Waals surface area contributed by atoms with Crippen LogP contribution in [0.25, 0.3) is 0 Å². The van der Waals surface area contributed by atoms with Crippen molar-refractivity contribution in [1.29, 1.82) is 0 Å². The Labute approximate surface area is 146 Å². The fourth-order valence-corrected chi connectivity index (χ4v) is 2.94. The number of halogens is 3. The molecule has 0 aromatic heterocycles. The maximum absolute atomic E-state index is 12.9. The Hall–Kier alpha value is -1.96. The number of nitrogens with two attached hydrogens (primary N) is 1. The van der Waals surface area contributed by atoms with Gasteiger partial charge in [-0.3, -0.25) is 9.89 Å². The Morgan fingerprint density at radius 1 is 1.40 bits per heavy atom. The first-order valence-corrected chi connectivity index (χ1v) is 8.48. The van der Waals surface area contributed by atoms with E-state index < -0.39 is 11.7 Å². The summed E-state index contributed by atoms with van der Waals surface area (Å²) in [5.74, 6) is 0.104. The Bertz CT molecular complexity index is 577. The van der Waals surface area contributed by atoms with Gasteiger partial charge >= 0.3 is 6.18 Å². The predicted molar refractivity (Wildman–Crippen MR) is 91.7 cm³/mol.